The van der Waals surface area contributed by atoms with Crippen molar-refractivity contribution in [3.8, 4) is 0 Å². The van der Waals surface area contributed by atoms with Gasteiger partial charge in [0.15, 0.2) is 0 Å². The summed E-state index contributed by atoms with van der Waals surface area (Å²) in [5, 5.41) is 8.82. The van der Waals surface area contributed by atoms with Gasteiger partial charge in [0.1, 0.15) is 0 Å². The molecule has 1 atom stereocenters. The Morgan fingerprint density at radius 2 is 2.29 bits per heavy atom. The Balaban J connectivity index is 2.72. The fourth-order valence-corrected chi connectivity index (χ4v) is 1.40. The molecule has 0 aliphatic carbocycles. The first-order valence-electron chi connectivity index (χ1n) is 4.62. The van der Waals surface area contributed by atoms with Crippen LogP contribution in [-0.4, -0.2) is 17.6 Å². The van der Waals surface area contributed by atoms with Gasteiger partial charge in [-0.1, -0.05) is 29.8 Å². The molecular formula is C11H15NO2. The summed E-state index contributed by atoms with van der Waals surface area (Å²) in [4.78, 5) is 10.7. The van der Waals surface area contributed by atoms with Crippen LogP contribution in [0.3, 0.4) is 0 Å². The van der Waals surface area contributed by atoms with E-state index in [-0.39, 0.29) is 6.54 Å². The Hall–Kier alpha value is -1.35. The van der Waals surface area contributed by atoms with E-state index in [0.717, 1.165) is 11.1 Å². The summed E-state index contributed by atoms with van der Waals surface area (Å²) in [6.45, 7) is 2.17. The molecule has 3 N–H and O–H groups in total. The highest BCUT2D eigenvalue weighted by molar-refractivity contribution is 5.70. The van der Waals surface area contributed by atoms with Crippen LogP contribution in [0.2, 0.25) is 0 Å². The number of aliphatic carboxylic acids is 1. The van der Waals surface area contributed by atoms with Gasteiger partial charge in [0, 0.05) is 6.54 Å². The lowest BCUT2D eigenvalue weighted by atomic mass is 9.98. The van der Waals surface area contributed by atoms with E-state index in [2.05, 4.69) is 0 Å². The van der Waals surface area contributed by atoms with Crippen molar-refractivity contribution in [3.63, 3.8) is 0 Å². The van der Waals surface area contributed by atoms with Gasteiger partial charge >= 0.3 is 5.97 Å². The van der Waals surface area contributed by atoms with Gasteiger partial charge in [-0.2, -0.15) is 0 Å². The molecule has 76 valence electrons. The maximum absolute atomic E-state index is 10.7. The van der Waals surface area contributed by atoms with Crippen LogP contribution in [0, 0.1) is 12.8 Å². The molecular weight excluding hydrogens is 178 g/mol. The standard InChI is InChI=1S/C11H15NO2/c1-8-3-2-4-9(5-8)6-10(7-12)11(13)14/h2-5,10H,6-7,12H2,1H3,(H,13,14). The summed E-state index contributed by atoms with van der Waals surface area (Å²) in [5.74, 6) is -1.30. The molecule has 0 spiro atoms. The average molecular weight is 193 g/mol. The molecule has 1 aromatic rings. The van der Waals surface area contributed by atoms with E-state index in [9.17, 15) is 4.79 Å². The van der Waals surface area contributed by atoms with Crippen molar-refractivity contribution in [1.29, 1.82) is 0 Å². The zero-order chi connectivity index (χ0) is 10.6. The number of aryl methyl sites for hydroxylation is 1. The number of carboxylic acid groups (broad SMARTS) is 1. The smallest absolute Gasteiger partial charge is 0.308 e. The minimum Gasteiger partial charge on any atom is -0.481 e. The molecule has 0 aliphatic heterocycles. The van der Waals surface area contributed by atoms with Crippen LogP contribution in [0.5, 0.6) is 0 Å². The highest BCUT2D eigenvalue weighted by Gasteiger charge is 2.15. The molecule has 0 radical (unpaired) electrons. The molecule has 1 rings (SSSR count). The average Bonchev–Trinajstić information content (AvgIpc) is 2.14. The number of nitrogens with two attached hydrogens (primary N) is 1. The van der Waals surface area contributed by atoms with Crippen molar-refractivity contribution in [2.75, 3.05) is 6.54 Å². The predicted molar refractivity (Wildman–Crippen MR) is 55.1 cm³/mol. The minimum absolute atomic E-state index is 0.184. The lowest BCUT2D eigenvalue weighted by Gasteiger charge is -2.09. The van der Waals surface area contributed by atoms with Gasteiger partial charge in [0.2, 0.25) is 0 Å². The van der Waals surface area contributed by atoms with E-state index in [1.54, 1.807) is 0 Å². The zero-order valence-electron chi connectivity index (χ0n) is 8.23. The first kappa shape index (κ1) is 10.7. The number of carbonyl (C=O) groups is 1. The second-order valence-corrected chi connectivity index (χ2v) is 3.46. The Morgan fingerprint density at radius 1 is 1.57 bits per heavy atom. The molecule has 0 fully saturated rings. The Kier molecular flexibility index (Phi) is 3.65. The molecule has 1 unspecified atom stereocenters. The Labute approximate surface area is 83.6 Å². The molecule has 0 heterocycles. The summed E-state index contributed by atoms with van der Waals surface area (Å²) in [6, 6.07) is 7.84. The van der Waals surface area contributed by atoms with E-state index in [1.807, 2.05) is 31.2 Å². The van der Waals surface area contributed by atoms with Crippen molar-refractivity contribution in [1.82, 2.24) is 0 Å². The van der Waals surface area contributed by atoms with Crippen molar-refractivity contribution in [2.24, 2.45) is 11.7 Å². The second kappa shape index (κ2) is 4.77. The van der Waals surface area contributed by atoms with E-state index in [1.165, 1.54) is 0 Å². The van der Waals surface area contributed by atoms with Crippen LogP contribution >= 0.6 is 0 Å². The van der Waals surface area contributed by atoms with Crippen LogP contribution in [-0.2, 0) is 11.2 Å². The number of rotatable bonds is 4. The summed E-state index contributed by atoms with van der Waals surface area (Å²) >= 11 is 0. The number of hydrogen-bond donors (Lipinski definition) is 2. The fraction of sp³-hybridized carbons (Fsp3) is 0.364. The fourth-order valence-electron chi connectivity index (χ4n) is 1.40. The van der Waals surface area contributed by atoms with Crippen LogP contribution in [0.4, 0.5) is 0 Å². The highest BCUT2D eigenvalue weighted by atomic mass is 16.4. The normalized spacial score (nSPS) is 12.4. The van der Waals surface area contributed by atoms with Crippen LogP contribution in [0.25, 0.3) is 0 Å². The monoisotopic (exact) mass is 193 g/mol. The van der Waals surface area contributed by atoms with Gasteiger partial charge < -0.3 is 10.8 Å². The van der Waals surface area contributed by atoms with Crippen molar-refractivity contribution < 1.29 is 9.90 Å². The predicted octanol–water partition coefficient (Wildman–Crippen LogP) is 1.20. The number of hydrogen-bond acceptors (Lipinski definition) is 2. The van der Waals surface area contributed by atoms with Gasteiger partial charge in [-0.05, 0) is 18.9 Å². The Bertz CT molecular complexity index is 323. The first-order chi connectivity index (χ1) is 6.63. The van der Waals surface area contributed by atoms with Crippen molar-refractivity contribution >= 4 is 5.97 Å². The lowest BCUT2D eigenvalue weighted by molar-refractivity contribution is -0.141. The van der Waals surface area contributed by atoms with E-state index in [4.69, 9.17) is 10.8 Å². The first-order valence-corrected chi connectivity index (χ1v) is 4.62. The van der Waals surface area contributed by atoms with Gasteiger partial charge in [0.25, 0.3) is 0 Å². The van der Waals surface area contributed by atoms with Crippen molar-refractivity contribution in [2.45, 2.75) is 13.3 Å². The van der Waals surface area contributed by atoms with Crippen LogP contribution in [0.15, 0.2) is 24.3 Å². The summed E-state index contributed by atoms with van der Waals surface area (Å²) in [7, 11) is 0. The third-order valence-electron chi connectivity index (χ3n) is 2.20. The molecule has 0 aromatic heterocycles. The largest absolute Gasteiger partial charge is 0.481 e. The van der Waals surface area contributed by atoms with E-state index < -0.39 is 11.9 Å². The maximum Gasteiger partial charge on any atom is 0.308 e. The second-order valence-electron chi connectivity index (χ2n) is 3.46. The molecule has 1 aromatic carbocycles. The van der Waals surface area contributed by atoms with Crippen molar-refractivity contribution in [3.05, 3.63) is 35.4 Å². The third-order valence-corrected chi connectivity index (χ3v) is 2.20. The molecule has 3 heteroatoms. The SMILES string of the molecule is Cc1cccc(CC(CN)C(=O)O)c1. The summed E-state index contributed by atoms with van der Waals surface area (Å²) in [6.07, 6.45) is 0.507. The zero-order valence-corrected chi connectivity index (χ0v) is 8.23. The topological polar surface area (TPSA) is 63.3 Å². The molecule has 0 amide bonds. The number of carboxylic acids is 1. The minimum atomic E-state index is -0.825. The molecule has 0 aliphatic rings. The molecule has 14 heavy (non-hydrogen) atoms. The van der Waals surface area contributed by atoms with Crippen LogP contribution in [0.1, 0.15) is 11.1 Å². The quantitative estimate of drug-likeness (QED) is 0.755. The number of benzene rings is 1. The summed E-state index contributed by atoms with van der Waals surface area (Å²) < 4.78 is 0. The van der Waals surface area contributed by atoms with Crippen LogP contribution < -0.4 is 5.73 Å². The molecule has 0 bridgehead atoms. The molecule has 0 saturated carbocycles. The highest BCUT2D eigenvalue weighted by Crippen LogP contribution is 2.10. The lowest BCUT2D eigenvalue weighted by Crippen LogP contribution is -2.25. The summed E-state index contributed by atoms with van der Waals surface area (Å²) in [5.41, 5.74) is 7.55. The third kappa shape index (κ3) is 2.85. The molecule has 0 saturated heterocycles. The van der Waals surface area contributed by atoms with E-state index in [0.29, 0.717) is 6.42 Å². The van der Waals surface area contributed by atoms with Gasteiger partial charge in [-0.3, -0.25) is 4.79 Å². The van der Waals surface area contributed by atoms with Gasteiger partial charge in [-0.25, -0.2) is 0 Å². The molecule has 3 nitrogen and oxygen atoms in total. The van der Waals surface area contributed by atoms with E-state index >= 15 is 0 Å². The maximum atomic E-state index is 10.7. The Morgan fingerprint density at radius 3 is 2.79 bits per heavy atom. The van der Waals surface area contributed by atoms with Gasteiger partial charge in [-0.15, -0.1) is 0 Å². The van der Waals surface area contributed by atoms with Gasteiger partial charge in [0.05, 0.1) is 5.92 Å².